The molecule has 1 unspecified atom stereocenters. The van der Waals surface area contributed by atoms with Gasteiger partial charge in [0.05, 0.1) is 12.3 Å². The van der Waals surface area contributed by atoms with Gasteiger partial charge in [-0.05, 0) is 44.4 Å². The van der Waals surface area contributed by atoms with Crippen molar-refractivity contribution >= 4 is 12.4 Å². The van der Waals surface area contributed by atoms with E-state index in [-0.39, 0.29) is 12.4 Å². The van der Waals surface area contributed by atoms with E-state index in [1.165, 1.54) is 32.2 Å². The highest BCUT2D eigenvalue weighted by atomic mass is 35.5. The van der Waals surface area contributed by atoms with Crippen molar-refractivity contribution in [2.75, 3.05) is 13.2 Å². The molecule has 1 N–H and O–H groups in total. The number of nitrogens with one attached hydrogen (secondary N) is 1. The highest BCUT2D eigenvalue weighted by Gasteiger charge is 2.11. The number of halogens is 1. The fourth-order valence-corrected chi connectivity index (χ4v) is 2.26. The van der Waals surface area contributed by atoms with Crippen LogP contribution in [0.15, 0.2) is 24.4 Å². The lowest BCUT2D eigenvalue weighted by Gasteiger charge is -2.23. The zero-order valence-electron chi connectivity index (χ0n) is 10.8. The zero-order chi connectivity index (χ0) is 11.8. The molecule has 4 heteroatoms. The van der Waals surface area contributed by atoms with E-state index in [9.17, 15) is 0 Å². The summed E-state index contributed by atoms with van der Waals surface area (Å²) >= 11 is 0. The van der Waals surface area contributed by atoms with Crippen molar-refractivity contribution < 1.29 is 4.74 Å². The number of rotatable bonds is 6. The van der Waals surface area contributed by atoms with Crippen molar-refractivity contribution in [3.05, 3.63) is 30.1 Å². The van der Waals surface area contributed by atoms with E-state index in [2.05, 4.69) is 10.3 Å². The van der Waals surface area contributed by atoms with E-state index in [1.54, 1.807) is 0 Å². The third kappa shape index (κ3) is 5.80. The summed E-state index contributed by atoms with van der Waals surface area (Å²) in [6.07, 6.45) is 8.25. The number of nitrogens with zero attached hydrogens (tertiary/aromatic N) is 1. The second-order valence-electron chi connectivity index (χ2n) is 4.66. The largest absolute Gasteiger partial charge is 0.375 e. The minimum Gasteiger partial charge on any atom is -0.375 e. The molecule has 1 aromatic heterocycles. The molecule has 1 atom stereocenters. The van der Waals surface area contributed by atoms with Crippen LogP contribution in [0, 0.1) is 0 Å². The highest BCUT2D eigenvalue weighted by molar-refractivity contribution is 5.85. The number of ether oxygens (including phenoxy) is 1. The number of pyridine rings is 1. The Morgan fingerprint density at radius 1 is 1.33 bits per heavy atom. The van der Waals surface area contributed by atoms with Crippen molar-refractivity contribution in [2.24, 2.45) is 0 Å². The molecule has 0 saturated carbocycles. The number of piperidine rings is 1. The fourth-order valence-electron chi connectivity index (χ4n) is 2.26. The summed E-state index contributed by atoms with van der Waals surface area (Å²) in [6.45, 7) is 2.67. The lowest BCUT2D eigenvalue weighted by Crippen LogP contribution is -2.33. The Labute approximate surface area is 116 Å². The van der Waals surface area contributed by atoms with Gasteiger partial charge in [0.1, 0.15) is 0 Å². The molecule has 1 aliphatic rings. The average Bonchev–Trinajstić information content (AvgIpc) is 2.41. The SMILES string of the molecule is Cl.c1ccc(COCCCC2CCCCN2)nc1. The molecule has 0 spiro atoms. The Bertz CT molecular complexity index is 302. The molecule has 1 saturated heterocycles. The van der Waals surface area contributed by atoms with Gasteiger partial charge in [-0.2, -0.15) is 0 Å². The van der Waals surface area contributed by atoms with Crippen LogP contribution >= 0.6 is 12.4 Å². The minimum atomic E-state index is 0. The van der Waals surface area contributed by atoms with Gasteiger partial charge >= 0.3 is 0 Å². The van der Waals surface area contributed by atoms with Gasteiger partial charge in [-0.15, -0.1) is 12.4 Å². The van der Waals surface area contributed by atoms with Gasteiger partial charge in [0, 0.05) is 18.8 Å². The average molecular weight is 271 g/mol. The molecule has 1 aliphatic heterocycles. The lowest BCUT2D eigenvalue weighted by atomic mass is 10.0. The Kier molecular flexibility index (Phi) is 7.98. The highest BCUT2D eigenvalue weighted by Crippen LogP contribution is 2.11. The van der Waals surface area contributed by atoms with Gasteiger partial charge in [0.25, 0.3) is 0 Å². The summed E-state index contributed by atoms with van der Waals surface area (Å²) in [5.41, 5.74) is 1.02. The first-order chi connectivity index (χ1) is 8.45. The molecule has 18 heavy (non-hydrogen) atoms. The third-order valence-electron chi connectivity index (χ3n) is 3.23. The summed E-state index contributed by atoms with van der Waals surface area (Å²) in [5.74, 6) is 0. The van der Waals surface area contributed by atoms with Crippen molar-refractivity contribution in [1.82, 2.24) is 10.3 Å². The van der Waals surface area contributed by atoms with E-state index < -0.39 is 0 Å². The van der Waals surface area contributed by atoms with Gasteiger partial charge in [0.2, 0.25) is 0 Å². The van der Waals surface area contributed by atoms with Crippen LogP contribution in [0.4, 0.5) is 0 Å². The summed E-state index contributed by atoms with van der Waals surface area (Å²) in [6, 6.07) is 6.65. The maximum atomic E-state index is 5.62. The second-order valence-corrected chi connectivity index (χ2v) is 4.66. The molecule has 0 bridgehead atoms. The summed E-state index contributed by atoms with van der Waals surface area (Å²) in [5, 5.41) is 3.56. The van der Waals surface area contributed by atoms with Crippen LogP contribution in [0.3, 0.4) is 0 Å². The predicted molar refractivity (Wildman–Crippen MR) is 76.0 cm³/mol. The molecule has 1 fully saturated rings. The van der Waals surface area contributed by atoms with Crippen molar-refractivity contribution in [1.29, 1.82) is 0 Å². The van der Waals surface area contributed by atoms with E-state index in [4.69, 9.17) is 4.74 Å². The minimum absolute atomic E-state index is 0. The molecule has 0 radical (unpaired) electrons. The normalized spacial score (nSPS) is 19.2. The van der Waals surface area contributed by atoms with Crippen LogP contribution in [-0.4, -0.2) is 24.2 Å². The van der Waals surface area contributed by atoms with Gasteiger partial charge in [-0.25, -0.2) is 0 Å². The summed E-state index contributed by atoms with van der Waals surface area (Å²) in [4.78, 5) is 4.23. The first kappa shape index (κ1) is 15.4. The van der Waals surface area contributed by atoms with E-state index in [1.807, 2.05) is 24.4 Å². The van der Waals surface area contributed by atoms with Gasteiger partial charge in [-0.1, -0.05) is 12.5 Å². The maximum absolute atomic E-state index is 5.62. The van der Waals surface area contributed by atoms with Crippen molar-refractivity contribution in [3.63, 3.8) is 0 Å². The molecule has 102 valence electrons. The first-order valence-corrected chi connectivity index (χ1v) is 6.66. The molecule has 2 heterocycles. The quantitative estimate of drug-likeness (QED) is 0.807. The van der Waals surface area contributed by atoms with Crippen LogP contribution in [0.25, 0.3) is 0 Å². The van der Waals surface area contributed by atoms with Crippen LogP contribution < -0.4 is 5.32 Å². The molecule has 0 amide bonds. The molecule has 0 aliphatic carbocycles. The monoisotopic (exact) mass is 270 g/mol. The molecule has 2 rings (SSSR count). The van der Waals surface area contributed by atoms with Crippen molar-refractivity contribution in [3.8, 4) is 0 Å². The summed E-state index contributed by atoms with van der Waals surface area (Å²) in [7, 11) is 0. The third-order valence-corrected chi connectivity index (χ3v) is 3.23. The molecular weight excluding hydrogens is 248 g/mol. The number of aromatic nitrogens is 1. The zero-order valence-corrected chi connectivity index (χ0v) is 11.6. The van der Waals surface area contributed by atoms with Crippen LogP contribution in [0.2, 0.25) is 0 Å². The number of hydrogen-bond donors (Lipinski definition) is 1. The standard InChI is InChI=1S/C14H22N2O.ClH/c1-3-9-15-13(6-1)8-5-11-17-12-14-7-2-4-10-16-14;/h2,4,7,10,13,15H,1,3,5-6,8-9,11-12H2;1H. The topological polar surface area (TPSA) is 34.1 Å². The van der Waals surface area contributed by atoms with Crippen LogP contribution in [-0.2, 0) is 11.3 Å². The maximum Gasteiger partial charge on any atom is 0.0887 e. The summed E-state index contributed by atoms with van der Waals surface area (Å²) < 4.78 is 5.62. The van der Waals surface area contributed by atoms with Crippen LogP contribution in [0.5, 0.6) is 0 Å². The van der Waals surface area contributed by atoms with E-state index in [0.717, 1.165) is 24.8 Å². The Morgan fingerprint density at radius 2 is 2.28 bits per heavy atom. The second kappa shape index (κ2) is 9.31. The molecule has 1 aromatic rings. The van der Waals surface area contributed by atoms with Gasteiger partial charge in [-0.3, -0.25) is 4.98 Å². The van der Waals surface area contributed by atoms with Crippen LogP contribution in [0.1, 0.15) is 37.8 Å². The fraction of sp³-hybridized carbons (Fsp3) is 0.643. The lowest BCUT2D eigenvalue weighted by molar-refractivity contribution is 0.111. The van der Waals surface area contributed by atoms with Gasteiger partial charge < -0.3 is 10.1 Å². The van der Waals surface area contributed by atoms with Crippen molar-refractivity contribution in [2.45, 2.75) is 44.8 Å². The smallest absolute Gasteiger partial charge is 0.0887 e. The Hall–Kier alpha value is -0.640. The molecular formula is C14H23ClN2O. The Balaban J connectivity index is 0.00000162. The Morgan fingerprint density at radius 3 is 3.00 bits per heavy atom. The number of hydrogen-bond acceptors (Lipinski definition) is 3. The van der Waals surface area contributed by atoms with E-state index >= 15 is 0 Å². The first-order valence-electron chi connectivity index (χ1n) is 6.66. The molecule has 0 aromatic carbocycles. The predicted octanol–water partition coefficient (Wildman–Crippen LogP) is 2.94. The molecule has 3 nitrogen and oxygen atoms in total. The van der Waals surface area contributed by atoms with Gasteiger partial charge in [0.15, 0.2) is 0 Å². The van der Waals surface area contributed by atoms with E-state index in [0.29, 0.717) is 6.61 Å².